The summed E-state index contributed by atoms with van der Waals surface area (Å²) in [5.41, 5.74) is 0. The monoisotopic (exact) mass is 973 g/mol. The molecule has 0 bridgehead atoms. The third kappa shape index (κ3) is 52.6. The molecule has 0 saturated carbocycles. The molecule has 0 radical (unpaired) electrons. The Bertz CT molecular complexity index is 1420. The molecule has 10 heteroatoms. The standard InChI is InChI=1S/C58H102NO8P/c1-6-8-10-12-14-16-18-20-22-24-26-28-29-31-33-35-37-39-41-43-45-47-49-51-58(61)67-56(55-66-68(62,63)65-53-52-59(3,4)5)54-64-57(60)50-48-46-44-42-40-38-36-34-32-30-27-25-23-21-19-17-15-13-11-9-7-2/h8,10,14,16,19-22,25-28,32,34,56H,6-7,9,11-13,15,17-18,23-24,29-31,33,35-55H2,1-5H3/p+1/b10-8-,16-14-,21-19-,22-20-,27-25-,28-26-,34-32-. The van der Waals surface area contributed by atoms with Gasteiger partial charge in [0.05, 0.1) is 27.7 Å². The van der Waals surface area contributed by atoms with Crippen molar-refractivity contribution in [2.45, 2.75) is 225 Å². The van der Waals surface area contributed by atoms with Crippen LogP contribution >= 0.6 is 7.82 Å². The highest BCUT2D eigenvalue weighted by Gasteiger charge is 2.27. The van der Waals surface area contributed by atoms with Crippen LogP contribution in [0.25, 0.3) is 0 Å². The Balaban J connectivity index is 4.26. The molecule has 0 rings (SSSR count). The first kappa shape index (κ1) is 65.2. The lowest BCUT2D eigenvalue weighted by atomic mass is 10.0. The topological polar surface area (TPSA) is 108 Å². The minimum Gasteiger partial charge on any atom is -0.462 e. The lowest BCUT2D eigenvalue weighted by molar-refractivity contribution is -0.870. The third-order valence-corrected chi connectivity index (χ3v) is 12.4. The Kier molecular flexibility index (Phi) is 47.2. The molecule has 2 atom stereocenters. The second kappa shape index (κ2) is 49.2. The molecule has 0 aromatic rings. The average molecular weight is 973 g/mol. The van der Waals surface area contributed by atoms with Crippen LogP contribution in [-0.2, 0) is 32.7 Å². The number of phosphoric acid groups is 1. The lowest BCUT2D eigenvalue weighted by Crippen LogP contribution is -2.37. The zero-order chi connectivity index (χ0) is 49.9. The van der Waals surface area contributed by atoms with Crippen LogP contribution in [0, 0.1) is 0 Å². The van der Waals surface area contributed by atoms with Crippen molar-refractivity contribution in [1.29, 1.82) is 0 Å². The number of hydrogen-bond acceptors (Lipinski definition) is 7. The van der Waals surface area contributed by atoms with Crippen LogP contribution < -0.4 is 0 Å². The highest BCUT2D eigenvalue weighted by atomic mass is 31.2. The van der Waals surface area contributed by atoms with E-state index in [1.54, 1.807) is 0 Å². The number of ether oxygens (including phenoxy) is 2. The van der Waals surface area contributed by atoms with Gasteiger partial charge in [0.15, 0.2) is 6.10 Å². The fourth-order valence-electron chi connectivity index (χ4n) is 7.19. The van der Waals surface area contributed by atoms with Crippen molar-refractivity contribution in [2.24, 2.45) is 0 Å². The van der Waals surface area contributed by atoms with Crippen LogP contribution in [0.4, 0.5) is 0 Å². The van der Waals surface area contributed by atoms with Crippen LogP contribution in [0.1, 0.15) is 219 Å². The molecular formula is C58H103NO8P+. The van der Waals surface area contributed by atoms with E-state index in [4.69, 9.17) is 18.5 Å². The minimum atomic E-state index is -4.39. The molecule has 0 aliphatic heterocycles. The number of allylic oxidation sites excluding steroid dienone is 14. The van der Waals surface area contributed by atoms with E-state index >= 15 is 0 Å². The largest absolute Gasteiger partial charge is 0.472 e. The van der Waals surface area contributed by atoms with Crippen LogP contribution in [0.3, 0.4) is 0 Å². The summed E-state index contributed by atoms with van der Waals surface area (Å²) in [6.45, 7) is 4.29. The van der Waals surface area contributed by atoms with Gasteiger partial charge in [-0.3, -0.25) is 18.6 Å². The number of likely N-dealkylation sites (N-methyl/N-ethyl adjacent to an activating group) is 1. The average Bonchev–Trinajstić information content (AvgIpc) is 3.30. The number of esters is 2. The van der Waals surface area contributed by atoms with E-state index < -0.39 is 26.5 Å². The van der Waals surface area contributed by atoms with Gasteiger partial charge in [-0.2, -0.15) is 0 Å². The number of phosphoric ester groups is 1. The third-order valence-electron chi connectivity index (χ3n) is 11.4. The summed E-state index contributed by atoms with van der Waals surface area (Å²) in [5, 5.41) is 0. The van der Waals surface area contributed by atoms with Gasteiger partial charge in [-0.25, -0.2) is 4.57 Å². The van der Waals surface area contributed by atoms with E-state index in [-0.39, 0.29) is 32.0 Å². The van der Waals surface area contributed by atoms with Gasteiger partial charge < -0.3 is 18.9 Å². The summed E-state index contributed by atoms with van der Waals surface area (Å²) in [7, 11) is 1.46. The second-order valence-electron chi connectivity index (χ2n) is 19.2. The van der Waals surface area contributed by atoms with Crippen molar-refractivity contribution in [2.75, 3.05) is 47.5 Å². The fourth-order valence-corrected chi connectivity index (χ4v) is 7.93. The molecule has 0 amide bonds. The van der Waals surface area contributed by atoms with Crippen LogP contribution in [-0.4, -0.2) is 74.9 Å². The van der Waals surface area contributed by atoms with E-state index in [0.29, 0.717) is 17.4 Å². The molecule has 2 unspecified atom stereocenters. The molecule has 0 aliphatic rings. The molecule has 0 heterocycles. The molecule has 0 aliphatic carbocycles. The van der Waals surface area contributed by atoms with Gasteiger partial charge in [0.1, 0.15) is 19.8 Å². The molecule has 68 heavy (non-hydrogen) atoms. The van der Waals surface area contributed by atoms with Crippen LogP contribution in [0.5, 0.6) is 0 Å². The summed E-state index contributed by atoms with van der Waals surface area (Å²) in [4.78, 5) is 35.6. The number of hydrogen-bond donors (Lipinski definition) is 1. The predicted octanol–water partition coefficient (Wildman–Crippen LogP) is 16.7. The van der Waals surface area contributed by atoms with Crippen molar-refractivity contribution in [3.05, 3.63) is 85.1 Å². The van der Waals surface area contributed by atoms with E-state index in [9.17, 15) is 19.0 Å². The first-order valence-electron chi connectivity index (χ1n) is 27.3. The van der Waals surface area contributed by atoms with Gasteiger partial charge in [0, 0.05) is 12.8 Å². The lowest BCUT2D eigenvalue weighted by Gasteiger charge is -2.24. The van der Waals surface area contributed by atoms with E-state index in [1.165, 1.54) is 89.9 Å². The SMILES string of the molecule is CC/C=C\C/C=C\C/C=C\C/C=C\CCCCCCCCCCCCC(=O)OC(COC(=O)CCCCCCCC/C=C\C/C=C\C/C=C\CCCCCCC)COP(=O)(O)OCC[N+](C)(C)C. The Hall–Kier alpha value is -2.81. The van der Waals surface area contributed by atoms with E-state index in [1.807, 2.05) is 21.1 Å². The summed E-state index contributed by atoms with van der Waals surface area (Å²) in [6, 6.07) is 0. The second-order valence-corrected chi connectivity index (χ2v) is 20.7. The summed E-state index contributed by atoms with van der Waals surface area (Å²) >= 11 is 0. The minimum absolute atomic E-state index is 0.0245. The van der Waals surface area contributed by atoms with Crippen molar-refractivity contribution in [3.63, 3.8) is 0 Å². The number of unbranched alkanes of at least 4 members (excludes halogenated alkanes) is 21. The molecule has 0 fully saturated rings. The highest BCUT2D eigenvalue weighted by Crippen LogP contribution is 2.43. The Labute approximate surface area is 418 Å². The van der Waals surface area contributed by atoms with Crippen LogP contribution in [0.15, 0.2) is 85.1 Å². The fraction of sp³-hybridized carbons (Fsp3) is 0.724. The maximum absolute atomic E-state index is 12.8. The molecule has 392 valence electrons. The summed E-state index contributed by atoms with van der Waals surface area (Å²) in [6.07, 6.45) is 64.9. The van der Waals surface area contributed by atoms with Gasteiger partial charge in [-0.15, -0.1) is 0 Å². The summed E-state index contributed by atoms with van der Waals surface area (Å²) < 4.78 is 34.5. The van der Waals surface area contributed by atoms with Crippen molar-refractivity contribution >= 4 is 19.8 Å². The number of carbonyl (C=O) groups is 2. The zero-order valence-electron chi connectivity index (χ0n) is 44.3. The quantitative estimate of drug-likeness (QED) is 0.0211. The Morgan fingerprint density at radius 3 is 1.25 bits per heavy atom. The van der Waals surface area contributed by atoms with Crippen LogP contribution in [0.2, 0.25) is 0 Å². The first-order chi connectivity index (χ1) is 33.0. The molecule has 0 spiro atoms. The van der Waals surface area contributed by atoms with Gasteiger partial charge in [0.25, 0.3) is 0 Å². The number of nitrogens with zero attached hydrogens (tertiary/aromatic N) is 1. The number of carbonyl (C=O) groups excluding carboxylic acids is 2. The number of quaternary nitrogens is 1. The Morgan fingerprint density at radius 2 is 0.838 bits per heavy atom. The normalized spacial score (nSPS) is 14.0. The Morgan fingerprint density at radius 1 is 0.471 bits per heavy atom. The molecule has 1 N–H and O–H groups in total. The number of rotatable bonds is 49. The summed E-state index contributed by atoms with van der Waals surface area (Å²) in [5.74, 6) is -0.819. The van der Waals surface area contributed by atoms with Crippen molar-refractivity contribution in [1.82, 2.24) is 0 Å². The maximum Gasteiger partial charge on any atom is 0.472 e. The van der Waals surface area contributed by atoms with Gasteiger partial charge in [-0.1, -0.05) is 202 Å². The predicted molar refractivity (Wildman–Crippen MR) is 289 cm³/mol. The van der Waals surface area contributed by atoms with E-state index in [2.05, 4.69) is 98.9 Å². The van der Waals surface area contributed by atoms with Crippen molar-refractivity contribution in [3.8, 4) is 0 Å². The molecule has 0 aromatic carbocycles. The smallest absolute Gasteiger partial charge is 0.462 e. The molecule has 0 aromatic heterocycles. The maximum atomic E-state index is 12.8. The zero-order valence-corrected chi connectivity index (χ0v) is 45.2. The van der Waals surface area contributed by atoms with Crippen molar-refractivity contribution < 1.29 is 42.1 Å². The first-order valence-corrected chi connectivity index (χ1v) is 28.8. The molecule has 9 nitrogen and oxygen atoms in total. The highest BCUT2D eigenvalue weighted by molar-refractivity contribution is 7.47. The molecular weight excluding hydrogens is 870 g/mol. The van der Waals surface area contributed by atoms with Gasteiger partial charge >= 0.3 is 19.8 Å². The van der Waals surface area contributed by atoms with E-state index in [0.717, 1.165) is 96.3 Å². The molecule has 0 saturated heterocycles. The van der Waals surface area contributed by atoms with Gasteiger partial charge in [-0.05, 0) is 89.9 Å². The van der Waals surface area contributed by atoms with Gasteiger partial charge in [0.2, 0.25) is 0 Å².